The monoisotopic (exact) mass is 376 g/mol. The summed E-state index contributed by atoms with van der Waals surface area (Å²) in [6.07, 6.45) is 8.35. The van der Waals surface area contributed by atoms with Crippen LogP contribution in [-0.2, 0) is 12.8 Å². The Bertz CT molecular complexity index is 920. The zero-order valence-electron chi connectivity index (χ0n) is 16.8. The molecule has 0 aliphatic heterocycles. The van der Waals surface area contributed by atoms with Gasteiger partial charge in [0.25, 0.3) is 0 Å². The van der Waals surface area contributed by atoms with E-state index in [2.05, 4.69) is 36.7 Å². The second-order valence-corrected chi connectivity index (χ2v) is 7.56. The van der Waals surface area contributed by atoms with Crippen LogP contribution in [0.2, 0.25) is 0 Å². The molecule has 2 aromatic rings. The number of halogens is 1. The Hall–Kier alpha value is -2.68. The summed E-state index contributed by atoms with van der Waals surface area (Å²) in [6, 6.07) is 12.3. The van der Waals surface area contributed by atoms with E-state index in [-0.39, 0.29) is 5.82 Å². The smallest absolute Gasteiger partial charge is 0.136 e. The molecule has 1 saturated carbocycles. The van der Waals surface area contributed by atoms with Crippen molar-refractivity contribution in [2.45, 2.75) is 51.9 Å². The van der Waals surface area contributed by atoms with Gasteiger partial charge in [-0.25, -0.2) is 4.39 Å². The van der Waals surface area contributed by atoms with Gasteiger partial charge in [-0.2, -0.15) is 0 Å². The summed E-state index contributed by atoms with van der Waals surface area (Å²) in [4.78, 5) is 4.33. The molecule has 0 bridgehead atoms. The molecule has 0 amide bonds. The molecule has 2 N–H and O–H groups in total. The molecule has 0 heterocycles. The van der Waals surface area contributed by atoms with Crippen LogP contribution in [0.15, 0.2) is 59.7 Å². The number of benzene rings is 2. The zero-order chi connectivity index (χ0) is 20.1. The van der Waals surface area contributed by atoms with E-state index in [1.807, 2.05) is 31.2 Å². The number of rotatable bonds is 7. The molecule has 28 heavy (non-hydrogen) atoms. The summed E-state index contributed by atoms with van der Waals surface area (Å²) in [6.45, 7) is 7.60. The molecule has 146 valence electrons. The van der Waals surface area contributed by atoms with Crippen molar-refractivity contribution in [1.29, 1.82) is 0 Å². The van der Waals surface area contributed by atoms with Gasteiger partial charge in [-0.1, -0.05) is 49.4 Å². The van der Waals surface area contributed by atoms with Crippen molar-refractivity contribution in [1.82, 2.24) is 0 Å². The molecule has 3 heteroatoms. The second kappa shape index (κ2) is 9.01. The summed E-state index contributed by atoms with van der Waals surface area (Å²) in [7, 11) is 0. The summed E-state index contributed by atoms with van der Waals surface area (Å²) < 4.78 is 15.7. The molecule has 0 aromatic heterocycles. The van der Waals surface area contributed by atoms with Crippen molar-refractivity contribution in [3.63, 3.8) is 0 Å². The zero-order valence-corrected chi connectivity index (χ0v) is 16.8. The van der Waals surface area contributed by atoms with Gasteiger partial charge in [-0.3, -0.25) is 4.99 Å². The van der Waals surface area contributed by atoms with Crippen molar-refractivity contribution in [3.05, 3.63) is 88.4 Å². The fourth-order valence-corrected chi connectivity index (χ4v) is 3.79. The summed E-state index contributed by atoms with van der Waals surface area (Å²) in [5, 5.41) is 0. The molecule has 1 aliphatic rings. The van der Waals surface area contributed by atoms with Gasteiger partial charge >= 0.3 is 0 Å². The van der Waals surface area contributed by atoms with E-state index in [4.69, 9.17) is 5.73 Å². The van der Waals surface area contributed by atoms with Crippen molar-refractivity contribution in [2.75, 3.05) is 0 Å². The molecule has 2 aromatic carbocycles. The van der Waals surface area contributed by atoms with Crippen LogP contribution in [0.3, 0.4) is 0 Å². The SMILES string of the molecule is C=C(N)/C=N\C(=C/C)c1ccc(C2CCC2)c(CCc2ccccc2C)c1F. The summed E-state index contributed by atoms with van der Waals surface area (Å²) in [5.74, 6) is 0.336. The van der Waals surface area contributed by atoms with Crippen LogP contribution in [0.25, 0.3) is 5.70 Å². The Labute approximate surface area is 167 Å². The lowest BCUT2D eigenvalue weighted by atomic mass is 9.76. The number of aryl methyl sites for hydroxylation is 2. The first kappa shape index (κ1) is 20.1. The van der Waals surface area contributed by atoms with E-state index in [9.17, 15) is 0 Å². The number of aliphatic imine (C=N–C) groups is 1. The van der Waals surface area contributed by atoms with Gasteiger partial charge in [0.2, 0.25) is 0 Å². The maximum atomic E-state index is 15.7. The lowest BCUT2D eigenvalue weighted by Gasteiger charge is -2.29. The quantitative estimate of drug-likeness (QED) is 0.583. The van der Waals surface area contributed by atoms with Gasteiger partial charge in [-0.05, 0) is 73.8 Å². The number of allylic oxidation sites excluding steroid dienone is 2. The van der Waals surface area contributed by atoms with Crippen LogP contribution in [-0.4, -0.2) is 6.21 Å². The minimum Gasteiger partial charge on any atom is -0.398 e. The Balaban J connectivity index is 1.97. The van der Waals surface area contributed by atoms with Crippen LogP contribution < -0.4 is 5.73 Å². The lowest BCUT2D eigenvalue weighted by molar-refractivity contribution is 0.414. The highest BCUT2D eigenvalue weighted by Gasteiger charge is 2.25. The molecule has 2 nitrogen and oxygen atoms in total. The predicted octanol–water partition coefficient (Wildman–Crippen LogP) is 6.09. The van der Waals surface area contributed by atoms with Gasteiger partial charge < -0.3 is 5.73 Å². The van der Waals surface area contributed by atoms with Crippen molar-refractivity contribution >= 4 is 11.9 Å². The molecule has 0 radical (unpaired) electrons. The highest BCUT2D eigenvalue weighted by atomic mass is 19.1. The average molecular weight is 377 g/mol. The minimum atomic E-state index is -0.147. The second-order valence-electron chi connectivity index (χ2n) is 7.56. The molecule has 1 aliphatic carbocycles. The maximum absolute atomic E-state index is 15.7. The Kier molecular flexibility index (Phi) is 6.45. The number of nitrogens with two attached hydrogens (primary N) is 1. The molecule has 1 fully saturated rings. The molecule has 3 rings (SSSR count). The van der Waals surface area contributed by atoms with Crippen molar-refractivity contribution in [3.8, 4) is 0 Å². The fourth-order valence-electron chi connectivity index (χ4n) is 3.79. The summed E-state index contributed by atoms with van der Waals surface area (Å²) >= 11 is 0. The Morgan fingerprint density at radius 2 is 1.96 bits per heavy atom. The van der Waals surface area contributed by atoms with Gasteiger partial charge in [0, 0.05) is 17.5 Å². The average Bonchev–Trinajstić information content (AvgIpc) is 2.63. The molecular formula is C25H29FN2. The summed E-state index contributed by atoms with van der Waals surface area (Å²) in [5.41, 5.74) is 11.6. The van der Waals surface area contributed by atoms with Crippen molar-refractivity contribution in [2.24, 2.45) is 10.7 Å². The maximum Gasteiger partial charge on any atom is 0.136 e. The Morgan fingerprint density at radius 1 is 1.21 bits per heavy atom. The lowest BCUT2D eigenvalue weighted by Crippen LogP contribution is -2.14. The highest BCUT2D eigenvalue weighted by Crippen LogP contribution is 2.40. The van der Waals surface area contributed by atoms with E-state index < -0.39 is 0 Å². The van der Waals surface area contributed by atoms with E-state index in [0.29, 0.717) is 29.3 Å². The molecule has 0 spiro atoms. The molecule has 0 atom stereocenters. The third kappa shape index (κ3) is 4.41. The number of hydrogen-bond donors (Lipinski definition) is 1. The van der Waals surface area contributed by atoms with Gasteiger partial charge in [0.1, 0.15) is 5.82 Å². The predicted molar refractivity (Wildman–Crippen MR) is 117 cm³/mol. The molecule has 0 unspecified atom stereocenters. The van der Waals surface area contributed by atoms with Crippen LogP contribution in [0, 0.1) is 12.7 Å². The first-order chi connectivity index (χ1) is 13.5. The Morgan fingerprint density at radius 3 is 2.57 bits per heavy atom. The van der Waals surface area contributed by atoms with Crippen LogP contribution in [0.5, 0.6) is 0 Å². The number of hydrogen-bond acceptors (Lipinski definition) is 2. The van der Waals surface area contributed by atoms with Crippen LogP contribution in [0.4, 0.5) is 4.39 Å². The third-order valence-electron chi connectivity index (χ3n) is 5.65. The van der Waals surface area contributed by atoms with E-state index in [1.165, 1.54) is 29.3 Å². The first-order valence-electron chi connectivity index (χ1n) is 10.0. The molecular weight excluding hydrogens is 347 g/mol. The van der Waals surface area contributed by atoms with Gasteiger partial charge in [-0.15, -0.1) is 0 Å². The van der Waals surface area contributed by atoms with Crippen LogP contribution in [0.1, 0.15) is 59.9 Å². The van der Waals surface area contributed by atoms with E-state index >= 15 is 4.39 Å². The minimum absolute atomic E-state index is 0.147. The largest absolute Gasteiger partial charge is 0.398 e. The van der Waals surface area contributed by atoms with Crippen LogP contribution >= 0.6 is 0 Å². The van der Waals surface area contributed by atoms with E-state index in [0.717, 1.165) is 24.8 Å². The molecule has 0 saturated heterocycles. The standard InChI is InChI=1S/C25H29FN2/c1-4-24(28-16-18(3)27)23-15-14-21(20-10-7-11-20)22(25(23)26)13-12-19-9-6-5-8-17(19)2/h4-6,8-9,14-16,20H,3,7,10-13,27H2,1-2H3/b24-4-,28-16-. The third-order valence-corrected chi connectivity index (χ3v) is 5.65. The highest BCUT2D eigenvalue weighted by molar-refractivity contribution is 5.83. The fraction of sp³-hybridized carbons (Fsp3) is 0.320. The number of nitrogens with zero attached hydrogens (tertiary/aromatic N) is 1. The first-order valence-corrected chi connectivity index (χ1v) is 10.0. The normalized spacial score (nSPS) is 15.0. The van der Waals surface area contributed by atoms with Crippen molar-refractivity contribution < 1.29 is 4.39 Å². The topological polar surface area (TPSA) is 38.4 Å². The van der Waals surface area contributed by atoms with Gasteiger partial charge in [0.15, 0.2) is 0 Å². The van der Waals surface area contributed by atoms with E-state index in [1.54, 1.807) is 0 Å². The van der Waals surface area contributed by atoms with Gasteiger partial charge in [0.05, 0.1) is 5.70 Å².